The lowest BCUT2D eigenvalue weighted by Crippen LogP contribution is -2.26. The van der Waals surface area contributed by atoms with Crippen LogP contribution in [0.25, 0.3) is 0 Å². The van der Waals surface area contributed by atoms with Gasteiger partial charge in [0.2, 0.25) is 0 Å². The predicted molar refractivity (Wildman–Crippen MR) is 75.9 cm³/mol. The minimum atomic E-state index is -0.369. The molecule has 2 rings (SSSR count). The molecule has 0 amide bonds. The molecule has 0 saturated carbocycles. The molecule has 0 spiro atoms. The Bertz CT molecular complexity index is 455. The molecular formula is C15H21NO4. The van der Waals surface area contributed by atoms with E-state index in [0.29, 0.717) is 30.2 Å². The van der Waals surface area contributed by atoms with E-state index in [1.54, 1.807) is 25.1 Å². The summed E-state index contributed by atoms with van der Waals surface area (Å²) in [6.45, 7) is 3.35. The van der Waals surface area contributed by atoms with Crippen molar-refractivity contribution in [3.8, 4) is 5.75 Å². The third-order valence-electron chi connectivity index (χ3n) is 3.22. The number of anilines is 1. The van der Waals surface area contributed by atoms with Crippen LogP contribution in [0.3, 0.4) is 0 Å². The van der Waals surface area contributed by atoms with E-state index in [0.717, 1.165) is 25.9 Å². The van der Waals surface area contributed by atoms with Crippen molar-refractivity contribution in [2.45, 2.75) is 32.3 Å². The Kier molecular flexibility index (Phi) is 5.24. The molecule has 0 aromatic heterocycles. The van der Waals surface area contributed by atoms with Crippen molar-refractivity contribution in [2.75, 3.05) is 25.6 Å². The highest BCUT2D eigenvalue weighted by molar-refractivity contribution is 5.90. The van der Waals surface area contributed by atoms with Gasteiger partial charge in [-0.1, -0.05) is 0 Å². The average Bonchev–Trinajstić information content (AvgIpc) is 2.47. The smallest absolute Gasteiger partial charge is 0.338 e. The summed E-state index contributed by atoms with van der Waals surface area (Å²) in [4.78, 5) is 11.7. The zero-order chi connectivity index (χ0) is 14.4. The molecule has 1 fully saturated rings. The lowest BCUT2D eigenvalue weighted by molar-refractivity contribution is -0.0109. The molecular weight excluding hydrogens is 258 g/mol. The number of rotatable bonds is 5. The third-order valence-corrected chi connectivity index (χ3v) is 3.22. The van der Waals surface area contributed by atoms with Crippen LogP contribution < -0.4 is 10.5 Å². The summed E-state index contributed by atoms with van der Waals surface area (Å²) in [7, 11) is 0. The molecule has 1 saturated heterocycles. The number of benzene rings is 1. The Balaban J connectivity index is 1.98. The molecule has 1 atom stereocenters. The van der Waals surface area contributed by atoms with Gasteiger partial charge in [-0.2, -0.15) is 0 Å². The van der Waals surface area contributed by atoms with Gasteiger partial charge in [-0.15, -0.1) is 0 Å². The third kappa shape index (κ3) is 3.87. The van der Waals surface area contributed by atoms with Crippen molar-refractivity contribution in [1.29, 1.82) is 0 Å². The first-order valence-corrected chi connectivity index (χ1v) is 7.01. The maximum absolute atomic E-state index is 11.7. The van der Waals surface area contributed by atoms with Crippen molar-refractivity contribution < 1.29 is 19.0 Å². The summed E-state index contributed by atoms with van der Waals surface area (Å²) in [6.07, 6.45) is 3.37. The van der Waals surface area contributed by atoms with E-state index in [9.17, 15) is 4.79 Å². The normalized spacial score (nSPS) is 18.6. The number of hydrogen-bond donors (Lipinski definition) is 1. The van der Waals surface area contributed by atoms with Gasteiger partial charge in [-0.25, -0.2) is 4.79 Å². The van der Waals surface area contributed by atoms with Crippen LogP contribution in [-0.4, -0.2) is 31.9 Å². The van der Waals surface area contributed by atoms with Gasteiger partial charge in [0, 0.05) is 6.61 Å². The average molecular weight is 279 g/mol. The highest BCUT2D eigenvalue weighted by atomic mass is 16.5. The van der Waals surface area contributed by atoms with Crippen molar-refractivity contribution in [2.24, 2.45) is 0 Å². The minimum Gasteiger partial charge on any atom is -0.489 e. The van der Waals surface area contributed by atoms with Gasteiger partial charge in [-0.3, -0.25) is 0 Å². The summed E-state index contributed by atoms with van der Waals surface area (Å²) in [5.41, 5.74) is 6.81. The molecule has 1 unspecified atom stereocenters. The van der Waals surface area contributed by atoms with E-state index < -0.39 is 0 Å². The van der Waals surface area contributed by atoms with Crippen LogP contribution in [0.5, 0.6) is 5.75 Å². The van der Waals surface area contributed by atoms with Crippen molar-refractivity contribution in [3.63, 3.8) is 0 Å². The summed E-state index contributed by atoms with van der Waals surface area (Å²) >= 11 is 0. The Morgan fingerprint density at radius 1 is 1.45 bits per heavy atom. The maximum Gasteiger partial charge on any atom is 0.338 e. The molecule has 5 nitrogen and oxygen atoms in total. The zero-order valence-electron chi connectivity index (χ0n) is 11.8. The molecule has 20 heavy (non-hydrogen) atoms. The summed E-state index contributed by atoms with van der Waals surface area (Å²) in [5.74, 6) is 0.135. The molecule has 1 heterocycles. The fraction of sp³-hybridized carbons (Fsp3) is 0.533. The van der Waals surface area contributed by atoms with E-state index in [-0.39, 0.29) is 12.1 Å². The Morgan fingerprint density at radius 3 is 3.00 bits per heavy atom. The number of hydrogen-bond acceptors (Lipinski definition) is 5. The summed E-state index contributed by atoms with van der Waals surface area (Å²) in [6, 6.07) is 4.91. The van der Waals surface area contributed by atoms with Gasteiger partial charge in [0.1, 0.15) is 12.4 Å². The lowest BCUT2D eigenvalue weighted by Gasteiger charge is -2.23. The van der Waals surface area contributed by atoms with Crippen molar-refractivity contribution in [3.05, 3.63) is 23.8 Å². The van der Waals surface area contributed by atoms with Crippen LogP contribution in [0.4, 0.5) is 5.69 Å². The first kappa shape index (κ1) is 14.7. The Labute approximate surface area is 119 Å². The van der Waals surface area contributed by atoms with E-state index in [2.05, 4.69) is 0 Å². The summed E-state index contributed by atoms with van der Waals surface area (Å²) in [5, 5.41) is 0. The van der Waals surface area contributed by atoms with Gasteiger partial charge in [0.15, 0.2) is 0 Å². The second kappa shape index (κ2) is 7.14. The Morgan fingerprint density at radius 2 is 2.30 bits per heavy atom. The SMILES string of the molecule is CCOC(=O)c1ccc(N)c(OCC2CCCCO2)c1. The van der Waals surface area contributed by atoms with Crippen molar-refractivity contribution in [1.82, 2.24) is 0 Å². The van der Waals surface area contributed by atoms with Crippen LogP contribution in [-0.2, 0) is 9.47 Å². The van der Waals surface area contributed by atoms with Gasteiger partial charge in [-0.05, 0) is 44.4 Å². The number of carbonyl (C=O) groups excluding carboxylic acids is 1. The van der Waals surface area contributed by atoms with E-state index in [1.165, 1.54) is 0 Å². The van der Waals surface area contributed by atoms with Gasteiger partial charge >= 0.3 is 5.97 Å². The van der Waals surface area contributed by atoms with Crippen LogP contribution in [0, 0.1) is 0 Å². The molecule has 1 aliphatic rings. The van der Waals surface area contributed by atoms with Crippen LogP contribution >= 0.6 is 0 Å². The standard InChI is InChI=1S/C15H21NO4/c1-2-18-15(17)11-6-7-13(16)14(9-11)20-10-12-5-3-4-8-19-12/h6-7,9,12H,2-5,8,10,16H2,1H3. The first-order valence-electron chi connectivity index (χ1n) is 7.01. The highest BCUT2D eigenvalue weighted by Crippen LogP contribution is 2.24. The van der Waals surface area contributed by atoms with Crippen molar-refractivity contribution >= 4 is 11.7 Å². The molecule has 1 aromatic rings. The molecule has 1 aliphatic heterocycles. The largest absolute Gasteiger partial charge is 0.489 e. The van der Waals surface area contributed by atoms with Crippen LogP contribution in [0.15, 0.2) is 18.2 Å². The fourth-order valence-corrected chi connectivity index (χ4v) is 2.12. The fourth-order valence-electron chi connectivity index (χ4n) is 2.12. The van der Waals surface area contributed by atoms with E-state index in [1.807, 2.05) is 0 Å². The molecule has 0 aliphatic carbocycles. The van der Waals surface area contributed by atoms with Crippen LogP contribution in [0.1, 0.15) is 36.5 Å². The molecule has 110 valence electrons. The van der Waals surface area contributed by atoms with Gasteiger partial charge in [0.25, 0.3) is 0 Å². The topological polar surface area (TPSA) is 70.8 Å². The first-order chi connectivity index (χ1) is 9.70. The van der Waals surface area contributed by atoms with Crippen LogP contribution in [0.2, 0.25) is 0 Å². The quantitative estimate of drug-likeness (QED) is 0.662. The highest BCUT2D eigenvalue weighted by Gasteiger charge is 2.16. The summed E-state index contributed by atoms with van der Waals surface area (Å²) < 4.78 is 16.2. The minimum absolute atomic E-state index is 0.106. The lowest BCUT2D eigenvalue weighted by atomic mass is 10.1. The molecule has 2 N–H and O–H groups in total. The number of carbonyl (C=O) groups is 1. The molecule has 1 aromatic carbocycles. The second-order valence-corrected chi connectivity index (χ2v) is 4.77. The maximum atomic E-state index is 11.7. The van der Waals surface area contributed by atoms with E-state index in [4.69, 9.17) is 19.9 Å². The monoisotopic (exact) mass is 279 g/mol. The zero-order valence-corrected chi connectivity index (χ0v) is 11.8. The van der Waals surface area contributed by atoms with Gasteiger partial charge < -0.3 is 19.9 Å². The van der Waals surface area contributed by atoms with E-state index >= 15 is 0 Å². The number of esters is 1. The molecule has 0 radical (unpaired) electrons. The number of nitrogens with two attached hydrogens (primary N) is 1. The second-order valence-electron chi connectivity index (χ2n) is 4.77. The Hall–Kier alpha value is -1.75. The molecule has 0 bridgehead atoms. The number of ether oxygens (including phenoxy) is 3. The molecule has 5 heteroatoms. The number of nitrogen functional groups attached to an aromatic ring is 1. The van der Waals surface area contributed by atoms with Gasteiger partial charge in [0.05, 0.1) is 24.0 Å². The predicted octanol–water partition coefficient (Wildman–Crippen LogP) is 2.39.